The van der Waals surface area contributed by atoms with E-state index in [0.29, 0.717) is 24.8 Å². The highest BCUT2D eigenvalue weighted by Crippen LogP contribution is 2.21. The van der Waals surface area contributed by atoms with Crippen molar-refractivity contribution in [3.05, 3.63) is 24.5 Å². The second kappa shape index (κ2) is 20.0. The minimum atomic E-state index is -0.695. The number of aromatic nitrogens is 1. The predicted molar refractivity (Wildman–Crippen MR) is 148 cm³/mol. The number of imide groups is 1. The van der Waals surface area contributed by atoms with Crippen LogP contribution in [0.1, 0.15) is 110 Å². The van der Waals surface area contributed by atoms with Crippen molar-refractivity contribution in [3.8, 4) is 0 Å². The number of pyridine rings is 1. The third-order valence-corrected chi connectivity index (χ3v) is 6.97. The van der Waals surface area contributed by atoms with Crippen LogP contribution < -0.4 is 4.90 Å². The van der Waals surface area contributed by atoms with Crippen molar-refractivity contribution in [1.29, 1.82) is 0 Å². The number of unbranched alkanes of at least 4 members (excludes halogenated alkanes) is 13. The van der Waals surface area contributed by atoms with Gasteiger partial charge in [0.25, 0.3) is 0 Å². The van der Waals surface area contributed by atoms with E-state index in [1.54, 1.807) is 12.1 Å². The summed E-state index contributed by atoms with van der Waals surface area (Å²) in [6.45, 7) is 5.83. The standard InChI is InChI=1S/C30H50N2O5/c1-3-4-5-6-7-8-9-10-11-12-13-14-15-16-21-35-23-27-22-29(36-24-27)25-37-30(34)32(26(2)33)28-17-19-31-20-18-28/h17-20,27,29H,3-16,21-25H2,1-2H3. The largest absolute Gasteiger partial charge is 0.446 e. The Balaban J connectivity index is 1.41. The summed E-state index contributed by atoms with van der Waals surface area (Å²) >= 11 is 0. The molecule has 1 aromatic rings. The van der Waals surface area contributed by atoms with E-state index < -0.39 is 12.0 Å². The molecule has 2 amide bonds. The van der Waals surface area contributed by atoms with E-state index in [0.717, 1.165) is 24.3 Å². The summed E-state index contributed by atoms with van der Waals surface area (Å²) in [6.07, 6.45) is 22.0. The summed E-state index contributed by atoms with van der Waals surface area (Å²) in [7, 11) is 0. The Labute approximate surface area is 224 Å². The number of nitrogens with zero attached hydrogens (tertiary/aromatic N) is 2. The zero-order valence-corrected chi connectivity index (χ0v) is 23.3. The van der Waals surface area contributed by atoms with Gasteiger partial charge in [-0.1, -0.05) is 90.4 Å². The Morgan fingerprint density at radius 3 is 2.03 bits per heavy atom. The number of hydrogen-bond donors (Lipinski definition) is 0. The highest BCUT2D eigenvalue weighted by Gasteiger charge is 2.28. The molecule has 2 atom stereocenters. The van der Waals surface area contributed by atoms with Gasteiger partial charge in [-0.2, -0.15) is 0 Å². The smallest absolute Gasteiger partial charge is 0.421 e. The second-order valence-corrected chi connectivity index (χ2v) is 10.4. The molecular weight excluding hydrogens is 468 g/mol. The Morgan fingerprint density at radius 1 is 0.892 bits per heavy atom. The number of ether oxygens (including phenoxy) is 3. The maximum Gasteiger partial charge on any atom is 0.421 e. The van der Waals surface area contributed by atoms with E-state index in [1.165, 1.54) is 103 Å². The lowest BCUT2D eigenvalue weighted by Crippen LogP contribution is -2.37. The second-order valence-electron chi connectivity index (χ2n) is 10.4. The highest BCUT2D eigenvalue weighted by atomic mass is 16.6. The van der Waals surface area contributed by atoms with Crippen molar-refractivity contribution in [2.75, 3.05) is 31.3 Å². The van der Waals surface area contributed by atoms with Gasteiger partial charge < -0.3 is 14.2 Å². The van der Waals surface area contributed by atoms with E-state index in [-0.39, 0.29) is 12.7 Å². The minimum absolute atomic E-state index is 0.128. The van der Waals surface area contributed by atoms with Gasteiger partial charge in [-0.15, -0.1) is 0 Å². The fourth-order valence-corrected chi connectivity index (χ4v) is 4.80. The Bertz CT molecular complexity index is 730. The molecule has 0 bridgehead atoms. The van der Waals surface area contributed by atoms with Crippen molar-refractivity contribution in [2.45, 2.75) is 116 Å². The average Bonchev–Trinajstić information content (AvgIpc) is 3.35. The quantitative estimate of drug-likeness (QED) is 0.167. The van der Waals surface area contributed by atoms with E-state index in [4.69, 9.17) is 14.2 Å². The first-order chi connectivity index (χ1) is 18.1. The van der Waals surface area contributed by atoms with Crippen LogP contribution in [0.5, 0.6) is 0 Å². The Kier molecular flexibility index (Phi) is 16.9. The third-order valence-electron chi connectivity index (χ3n) is 6.97. The fourth-order valence-electron chi connectivity index (χ4n) is 4.80. The molecule has 1 aromatic heterocycles. The molecule has 210 valence electrons. The van der Waals surface area contributed by atoms with Gasteiger partial charge in [0.1, 0.15) is 6.61 Å². The number of rotatable bonds is 20. The topological polar surface area (TPSA) is 78.0 Å². The van der Waals surface area contributed by atoms with E-state index in [9.17, 15) is 9.59 Å². The van der Waals surface area contributed by atoms with Gasteiger partial charge in [-0.05, 0) is 25.0 Å². The van der Waals surface area contributed by atoms with Gasteiger partial charge in [0.15, 0.2) is 0 Å². The van der Waals surface area contributed by atoms with Gasteiger partial charge in [0.2, 0.25) is 5.91 Å². The van der Waals surface area contributed by atoms with Crippen LogP contribution in [0.2, 0.25) is 0 Å². The van der Waals surface area contributed by atoms with Gasteiger partial charge in [0, 0.05) is 31.8 Å². The van der Waals surface area contributed by atoms with Crippen LogP contribution in [0.3, 0.4) is 0 Å². The molecule has 2 rings (SSSR count). The van der Waals surface area contributed by atoms with E-state index in [2.05, 4.69) is 11.9 Å². The number of carbonyl (C=O) groups excluding carboxylic acids is 2. The molecule has 0 aromatic carbocycles. The lowest BCUT2D eigenvalue weighted by atomic mass is 10.0. The molecule has 0 N–H and O–H groups in total. The SMILES string of the molecule is CCCCCCCCCCCCCCCCOCC1COC(COC(=O)N(C(C)=O)c2ccncc2)C1. The summed E-state index contributed by atoms with van der Waals surface area (Å²) in [6, 6.07) is 3.19. The molecule has 1 aliphatic rings. The van der Waals surface area contributed by atoms with Crippen LogP contribution in [0.15, 0.2) is 24.5 Å². The number of hydrogen-bond acceptors (Lipinski definition) is 6. The van der Waals surface area contributed by atoms with Gasteiger partial charge in [-0.3, -0.25) is 9.78 Å². The zero-order chi connectivity index (χ0) is 26.6. The molecule has 0 radical (unpaired) electrons. The molecule has 1 aliphatic heterocycles. The zero-order valence-electron chi connectivity index (χ0n) is 23.3. The summed E-state index contributed by atoms with van der Waals surface area (Å²) in [5, 5.41) is 0. The van der Waals surface area contributed by atoms with Gasteiger partial charge in [0.05, 0.1) is 25.0 Å². The Morgan fingerprint density at radius 2 is 1.46 bits per heavy atom. The van der Waals surface area contributed by atoms with Crippen LogP contribution >= 0.6 is 0 Å². The molecule has 7 heteroatoms. The first kappa shape index (κ1) is 31.2. The van der Waals surface area contributed by atoms with Crippen molar-refractivity contribution in [2.24, 2.45) is 5.92 Å². The van der Waals surface area contributed by atoms with Crippen molar-refractivity contribution in [1.82, 2.24) is 4.98 Å². The number of carbonyl (C=O) groups is 2. The first-order valence-electron chi connectivity index (χ1n) is 14.7. The Hall–Kier alpha value is -1.99. The molecular formula is C30H50N2O5. The lowest BCUT2D eigenvalue weighted by molar-refractivity contribution is -0.116. The number of amides is 2. The molecule has 1 saturated heterocycles. The molecule has 0 aliphatic carbocycles. The molecule has 7 nitrogen and oxygen atoms in total. The molecule has 1 fully saturated rings. The van der Waals surface area contributed by atoms with Crippen LogP contribution in [-0.4, -0.2) is 49.5 Å². The summed E-state index contributed by atoms with van der Waals surface area (Å²) in [5.41, 5.74) is 0.439. The summed E-state index contributed by atoms with van der Waals surface area (Å²) in [4.78, 5) is 29.3. The third kappa shape index (κ3) is 13.9. The van der Waals surface area contributed by atoms with Crippen LogP contribution in [0.25, 0.3) is 0 Å². The van der Waals surface area contributed by atoms with Crippen LogP contribution in [0, 0.1) is 5.92 Å². The van der Waals surface area contributed by atoms with Gasteiger partial charge in [-0.25, -0.2) is 9.69 Å². The average molecular weight is 519 g/mol. The molecule has 37 heavy (non-hydrogen) atoms. The van der Waals surface area contributed by atoms with Crippen LogP contribution in [-0.2, 0) is 19.0 Å². The monoisotopic (exact) mass is 518 g/mol. The summed E-state index contributed by atoms with van der Waals surface area (Å²) in [5.74, 6) is -0.0854. The first-order valence-corrected chi connectivity index (χ1v) is 14.7. The van der Waals surface area contributed by atoms with E-state index in [1.807, 2.05) is 0 Å². The molecule has 0 spiro atoms. The van der Waals surface area contributed by atoms with Crippen molar-refractivity contribution < 1.29 is 23.8 Å². The minimum Gasteiger partial charge on any atom is -0.446 e. The maximum absolute atomic E-state index is 12.4. The molecule has 2 unspecified atom stereocenters. The normalized spacial score (nSPS) is 17.1. The fraction of sp³-hybridized carbons (Fsp3) is 0.767. The van der Waals surface area contributed by atoms with Crippen LogP contribution in [0.4, 0.5) is 10.5 Å². The van der Waals surface area contributed by atoms with E-state index >= 15 is 0 Å². The maximum atomic E-state index is 12.4. The summed E-state index contributed by atoms with van der Waals surface area (Å²) < 4.78 is 17.0. The van der Waals surface area contributed by atoms with Crippen molar-refractivity contribution >= 4 is 17.7 Å². The molecule has 2 heterocycles. The van der Waals surface area contributed by atoms with Gasteiger partial charge >= 0.3 is 6.09 Å². The van der Waals surface area contributed by atoms with Crippen molar-refractivity contribution in [3.63, 3.8) is 0 Å². The number of anilines is 1. The highest BCUT2D eigenvalue weighted by molar-refractivity contribution is 6.11. The lowest BCUT2D eigenvalue weighted by Gasteiger charge is -2.19. The predicted octanol–water partition coefficient (Wildman–Crippen LogP) is 7.47. The molecule has 0 saturated carbocycles.